The zero-order chi connectivity index (χ0) is 37.6. The van der Waals surface area contributed by atoms with E-state index in [0.29, 0.717) is 40.3 Å². The molecule has 1 unspecified atom stereocenters. The van der Waals surface area contributed by atoms with Gasteiger partial charge < -0.3 is 24.4 Å². The Morgan fingerprint density at radius 1 is 0.755 bits per heavy atom. The molecule has 5 rings (SSSR count). The summed E-state index contributed by atoms with van der Waals surface area (Å²) in [5.74, 6) is 0.455. The van der Waals surface area contributed by atoms with Gasteiger partial charge in [-0.1, -0.05) is 106 Å². The smallest absolute Gasteiger partial charge is 0.340 e. The Hall–Kier alpha value is -4.77. The number of phenols is 1. The van der Waals surface area contributed by atoms with Gasteiger partial charge in [-0.05, 0) is 96.3 Å². The van der Waals surface area contributed by atoms with E-state index in [1.165, 1.54) is 36.4 Å². The Bertz CT molecular complexity index is 2050. The molecule has 0 spiro atoms. The first-order valence-electron chi connectivity index (χ1n) is 18.1. The first-order valence-corrected chi connectivity index (χ1v) is 20.4. The van der Waals surface area contributed by atoms with Crippen LogP contribution in [0.25, 0.3) is 11.1 Å². The van der Waals surface area contributed by atoms with Crippen LogP contribution in [-0.2, 0) is 10.1 Å². The van der Waals surface area contributed by atoms with E-state index in [-0.39, 0.29) is 27.9 Å². The summed E-state index contributed by atoms with van der Waals surface area (Å²) in [6.45, 7) is 5.42. The highest BCUT2D eigenvalue weighted by Crippen LogP contribution is 2.40. The summed E-state index contributed by atoms with van der Waals surface area (Å²) >= 11 is 1.28. The first-order chi connectivity index (χ1) is 25.7. The molecule has 10 heteroatoms. The molecule has 5 aromatic carbocycles. The van der Waals surface area contributed by atoms with Gasteiger partial charge in [0.1, 0.15) is 28.2 Å². The number of benzene rings is 5. The number of carbonyl (C=O) groups excluding carboxylic acids is 1. The normalized spacial score (nSPS) is 11.9. The van der Waals surface area contributed by atoms with Gasteiger partial charge >= 0.3 is 10.1 Å². The fourth-order valence-corrected chi connectivity index (χ4v) is 8.07. The molecule has 1 atom stereocenters. The molecule has 0 radical (unpaired) electrons. The van der Waals surface area contributed by atoms with Crippen LogP contribution < -0.4 is 14.2 Å². The lowest BCUT2D eigenvalue weighted by Gasteiger charge is -2.19. The van der Waals surface area contributed by atoms with E-state index >= 15 is 0 Å². The minimum atomic E-state index is -4.33. The monoisotopic (exact) mass is 753 g/mol. The van der Waals surface area contributed by atoms with E-state index in [0.717, 1.165) is 49.2 Å². The SMILES string of the molecule is CCCCCCCNC(=O)c1ccc(O)c(C(O)c2ccccc2-c2ccc(Sc3ccc(OCCCC)cc3)c(S(=O)(=O)Oc3ccccc3)c2)c1. The molecule has 1 amide bonds. The number of nitrogens with one attached hydrogen (secondary N) is 1. The summed E-state index contributed by atoms with van der Waals surface area (Å²) in [5, 5.41) is 25.5. The molecular formula is C43H47NO7S2. The van der Waals surface area contributed by atoms with E-state index in [1.54, 1.807) is 72.8 Å². The number of carbonyl (C=O) groups is 1. The molecule has 0 saturated carbocycles. The number of rotatable bonds is 19. The Kier molecular flexibility index (Phi) is 14.4. The third-order valence-corrected chi connectivity index (χ3v) is 11.2. The summed E-state index contributed by atoms with van der Waals surface area (Å²) in [4.78, 5) is 14.2. The molecule has 0 aliphatic rings. The molecule has 0 saturated heterocycles. The van der Waals surface area contributed by atoms with E-state index < -0.39 is 16.2 Å². The maximum Gasteiger partial charge on any atom is 0.340 e. The second kappa shape index (κ2) is 19.3. The molecule has 8 nitrogen and oxygen atoms in total. The molecular weight excluding hydrogens is 707 g/mol. The molecule has 3 N–H and O–H groups in total. The van der Waals surface area contributed by atoms with Crippen LogP contribution in [0, 0.1) is 0 Å². The van der Waals surface area contributed by atoms with Crippen LogP contribution in [0.15, 0.2) is 130 Å². The average Bonchev–Trinajstić information content (AvgIpc) is 3.17. The fraction of sp³-hybridized carbons (Fsp3) is 0.279. The van der Waals surface area contributed by atoms with E-state index in [2.05, 4.69) is 19.2 Å². The standard InChI is InChI=1S/C43H47NO7S2/c1-3-5-7-8-14-27-44-43(47)32-19-25-39(45)38(29-32)42(46)37-18-13-12-17-36(37)31-20-26-40(52-35-23-21-33(22-24-35)50-28-6-4-2)41(30-31)53(48,49)51-34-15-10-9-11-16-34/h9-13,15-26,29-30,42,45-46H,3-8,14,27-28H2,1-2H3,(H,44,47). The maximum atomic E-state index is 13.9. The van der Waals surface area contributed by atoms with Crippen molar-refractivity contribution >= 4 is 27.8 Å². The molecule has 0 fully saturated rings. The van der Waals surface area contributed by atoms with Crippen molar-refractivity contribution in [2.45, 2.75) is 79.6 Å². The second-order valence-electron chi connectivity index (χ2n) is 12.7. The first kappa shape index (κ1) is 39.4. The topological polar surface area (TPSA) is 122 Å². The van der Waals surface area contributed by atoms with Crippen molar-refractivity contribution < 1.29 is 32.3 Å². The second-order valence-corrected chi connectivity index (χ2v) is 15.4. The van der Waals surface area contributed by atoms with Crippen LogP contribution in [0.3, 0.4) is 0 Å². The summed E-state index contributed by atoms with van der Waals surface area (Å²) in [6, 6.07) is 32.3. The predicted octanol–water partition coefficient (Wildman–Crippen LogP) is 9.94. The summed E-state index contributed by atoms with van der Waals surface area (Å²) in [6.07, 6.45) is 6.00. The lowest BCUT2D eigenvalue weighted by Crippen LogP contribution is -2.24. The van der Waals surface area contributed by atoms with Crippen molar-refractivity contribution in [1.82, 2.24) is 5.32 Å². The number of unbranched alkanes of at least 4 members (excludes halogenated alkanes) is 5. The number of para-hydroxylation sites is 1. The zero-order valence-corrected chi connectivity index (χ0v) is 31.8. The van der Waals surface area contributed by atoms with Crippen LogP contribution in [0.2, 0.25) is 0 Å². The van der Waals surface area contributed by atoms with Gasteiger partial charge in [0, 0.05) is 27.5 Å². The number of phenolic OH excluding ortho intramolecular Hbond substituents is 1. The number of aliphatic hydroxyl groups excluding tert-OH is 1. The van der Waals surface area contributed by atoms with Crippen LogP contribution >= 0.6 is 11.8 Å². The van der Waals surface area contributed by atoms with Crippen LogP contribution in [-0.4, -0.2) is 37.7 Å². The lowest BCUT2D eigenvalue weighted by atomic mass is 9.91. The van der Waals surface area contributed by atoms with E-state index in [4.69, 9.17) is 8.92 Å². The molecule has 0 aliphatic carbocycles. The number of amides is 1. The number of hydrogen-bond acceptors (Lipinski definition) is 8. The largest absolute Gasteiger partial charge is 0.508 e. The van der Waals surface area contributed by atoms with Gasteiger partial charge in [-0.25, -0.2) is 0 Å². The highest BCUT2D eigenvalue weighted by Gasteiger charge is 2.25. The lowest BCUT2D eigenvalue weighted by molar-refractivity contribution is 0.0952. The quantitative estimate of drug-likeness (QED) is 0.0563. The minimum absolute atomic E-state index is 0.0485. The Morgan fingerprint density at radius 3 is 2.23 bits per heavy atom. The summed E-state index contributed by atoms with van der Waals surface area (Å²) in [5.41, 5.74) is 1.94. The molecule has 0 aliphatic heterocycles. The maximum absolute atomic E-state index is 13.9. The third-order valence-electron chi connectivity index (χ3n) is 8.70. The van der Waals surface area contributed by atoms with Gasteiger partial charge in [0.05, 0.1) is 6.61 Å². The van der Waals surface area contributed by atoms with Gasteiger partial charge in [-0.15, -0.1) is 0 Å². The van der Waals surface area contributed by atoms with Gasteiger partial charge in [-0.2, -0.15) is 8.42 Å². The number of aliphatic hydroxyl groups is 1. The molecule has 53 heavy (non-hydrogen) atoms. The Morgan fingerprint density at radius 2 is 1.47 bits per heavy atom. The Balaban J connectivity index is 1.46. The number of aromatic hydroxyl groups is 1. The fourth-order valence-electron chi connectivity index (χ4n) is 5.78. The summed E-state index contributed by atoms with van der Waals surface area (Å²) < 4.78 is 39.3. The van der Waals surface area contributed by atoms with Gasteiger partial charge in [0.25, 0.3) is 5.91 Å². The van der Waals surface area contributed by atoms with Crippen LogP contribution in [0.1, 0.15) is 86.4 Å². The highest BCUT2D eigenvalue weighted by molar-refractivity contribution is 8.00. The molecule has 0 heterocycles. The van der Waals surface area contributed by atoms with E-state index in [9.17, 15) is 23.4 Å². The summed E-state index contributed by atoms with van der Waals surface area (Å²) in [7, 11) is -4.33. The zero-order valence-electron chi connectivity index (χ0n) is 30.2. The van der Waals surface area contributed by atoms with Crippen molar-refractivity contribution in [2.75, 3.05) is 13.2 Å². The van der Waals surface area contributed by atoms with Crippen molar-refractivity contribution in [3.05, 3.63) is 132 Å². The van der Waals surface area contributed by atoms with Crippen molar-refractivity contribution in [1.29, 1.82) is 0 Å². The number of ether oxygens (including phenoxy) is 1. The predicted molar refractivity (Wildman–Crippen MR) is 210 cm³/mol. The van der Waals surface area contributed by atoms with Crippen LogP contribution in [0.5, 0.6) is 17.2 Å². The third kappa shape index (κ3) is 10.9. The van der Waals surface area contributed by atoms with Gasteiger partial charge in [-0.3, -0.25) is 4.79 Å². The molecule has 0 bridgehead atoms. The Labute approximate surface area is 317 Å². The van der Waals surface area contributed by atoms with Crippen LogP contribution in [0.4, 0.5) is 0 Å². The van der Waals surface area contributed by atoms with Crippen molar-refractivity contribution in [3.8, 4) is 28.4 Å². The van der Waals surface area contributed by atoms with Gasteiger partial charge in [0.15, 0.2) is 0 Å². The van der Waals surface area contributed by atoms with Crippen molar-refractivity contribution in [3.63, 3.8) is 0 Å². The molecule has 5 aromatic rings. The molecule has 0 aromatic heterocycles. The number of hydrogen-bond donors (Lipinski definition) is 3. The van der Waals surface area contributed by atoms with E-state index in [1.807, 2.05) is 24.3 Å². The highest BCUT2D eigenvalue weighted by atomic mass is 32.2. The average molecular weight is 754 g/mol. The van der Waals surface area contributed by atoms with Gasteiger partial charge in [0.2, 0.25) is 0 Å². The minimum Gasteiger partial charge on any atom is -0.508 e. The van der Waals surface area contributed by atoms with Crippen molar-refractivity contribution in [2.24, 2.45) is 0 Å². The molecule has 278 valence electrons.